The standard InChI is InChI=1S/C23H27N5O2/c1-15(2)25-23(30)24-14-18-9-11-19(12-10-18)22(29)26-20-7-5-6-8-21(20)28-17(4)13-16(3)27-28/h5-13,15H,14H2,1-4H3,(H,26,29)(H2,24,25,30). The molecular weight excluding hydrogens is 378 g/mol. The van der Waals surface area contributed by atoms with E-state index in [9.17, 15) is 9.59 Å². The van der Waals surface area contributed by atoms with Crippen LogP contribution in [0.1, 0.15) is 41.2 Å². The van der Waals surface area contributed by atoms with Gasteiger partial charge in [-0.3, -0.25) is 4.79 Å². The number of carbonyl (C=O) groups is 2. The number of hydrogen-bond acceptors (Lipinski definition) is 3. The molecular formula is C23H27N5O2. The van der Waals surface area contributed by atoms with Gasteiger partial charge in [0, 0.05) is 23.8 Å². The van der Waals surface area contributed by atoms with E-state index in [1.54, 1.807) is 12.1 Å². The lowest BCUT2D eigenvalue weighted by atomic mass is 10.1. The molecule has 0 fully saturated rings. The van der Waals surface area contributed by atoms with E-state index in [4.69, 9.17) is 0 Å². The van der Waals surface area contributed by atoms with Crippen molar-refractivity contribution in [3.63, 3.8) is 0 Å². The number of nitrogens with one attached hydrogen (secondary N) is 3. The molecule has 0 radical (unpaired) electrons. The first-order valence-corrected chi connectivity index (χ1v) is 9.91. The molecule has 7 nitrogen and oxygen atoms in total. The summed E-state index contributed by atoms with van der Waals surface area (Å²) in [6.45, 7) is 8.11. The molecule has 7 heteroatoms. The number of carbonyl (C=O) groups excluding carboxylic acids is 2. The van der Waals surface area contributed by atoms with Gasteiger partial charge >= 0.3 is 6.03 Å². The highest BCUT2D eigenvalue weighted by Gasteiger charge is 2.12. The molecule has 0 aliphatic carbocycles. The molecule has 0 saturated heterocycles. The van der Waals surface area contributed by atoms with Gasteiger partial charge in [-0.2, -0.15) is 5.10 Å². The van der Waals surface area contributed by atoms with Gasteiger partial charge in [-0.05, 0) is 63.6 Å². The van der Waals surface area contributed by atoms with E-state index in [2.05, 4.69) is 21.0 Å². The average molecular weight is 406 g/mol. The van der Waals surface area contributed by atoms with E-state index in [1.807, 2.05) is 74.8 Å². The number of urea groups is 1. The smallest absolute Gasteiger partial charge is 0.315 e. The van der Waals surface area contributed by atoms with Crippen LogP contribution in [0.25, 0.3) is 5.69 Å². The zero-order valence-electron chi connectivity index (χ0n) is 17.7. The number of amides is 3. The van der Waals surface area contributed by atoms with Crippen molar-refractivity contribution in [3.8, 4) is 5.69 Å². The molecule has 1 aromatic heterocycles. The van der Waals surface area contributed by atoms with Crippen LogP contribution in [0.2, 0.25) is 0 Å². The summed E-state index contributed by atoms with van der Waals surface area (Å²) < 4.78 is 1.82. The maximum Gasteiger partial charge on any atom is 0.315 e. The van der Waals surface area contributed by atoms with Crippen LogP contribution in [0.4, 0.5) is 10.5 Å². The Morgan fingerprint density at radius 1 is 1.03 bits per heavy atom. The van der Waals surface area contributed by atoms with Crippen molar-refractivity contribution in [2.45, 2.75) is 40.3 Å². The molecule has 0 unspecified atom stereocenters. The van der Waals surface area contributed by atoms with E-state index in [0.717, 1.165) is 22.6 Å². The quantitative estimate of drug-likeness (QED) is 0.580. The Balaban J connectivity index is 1.69. The summed E-state index contributed by atoms with van der Waals surface area (Å²) in [5.41, 5.74) is 4.85. The van der Waals surface area contributed by atoms with Gasteiger partial charge in [0.2, 0.25) is 0 Å². The molecule has 3 amide bonds. The first kappa shape index (κ1) is 21.1. The van der Waals surface area contributed by atoms with Crippen LogP contribution in [0.15, 0.2) is 54.6 Å². The molecule has 0 spiro atoms. The van der Waals surface area contributed by atoms with Gasteiger partial charge in [0.25, 0.3) is 5.91 Å². The summed E-state index contributed by atoms with van der Waals surface area (Å²) in [5.74, 6) is -0.207. The van der Waals surface area contributed by atoms with Crippen molar-refractivity contribution in [2.75, 3.05) is 5.32 Å². The van der Waals surface area contributed by atoms with Gasteiger partial charge in [0.05, 0.1) is 17.1 Å². The molecule has 30 heavy (non-hydrogen) atoms. The molecule has 0 atom stereocenters. The van der Waals surface area contributed by atoms with Crippen molar-refractivity contribution in [2.24, 2.45) is 0 Å². The van der Waals surface area contributed by atoms with E-state index in [1.165, 1.54) is 0 Å². The molecule has 0 aliphatic heterocycles. The number of nitrogens with zero attached hydrogens (tertiary/aromatic N) is 2. The van der Waals surface area contributed by atoms with Gasteiger partial charge in [0.15, 0.2) is 0 Å². The van der Waals surface area contributed by atoms with Crippen molar-refractivity contribution in [1.82, 2.24) is 20.4 Å². The van der Waals surface area contributed by atoms with Crippen LogP contribution in [0, 0.1) is 13.8 Å². The molecule has 3 rings (SSSR count). The fourth-order valence-corrected chi connectivity index (χ4v) is 3.10. The fraction of sp³-hybridized carbons (Fsp3) is 0.261. The van der Waals surface area contributed by atoms with Gasteiger partial charge < -0.3 is 16.0 Å². The molecule has 3 N–H and O–H groups in total. The predicted octanol–water partition coefficient (Wildman–Crippen LogP) is 3.95. The van der Waals surface area contributed by atoms with Gasteiger partial charge in [0.1, 0.15) is 0 Å². The Hall–Kier alpha value is -3.61. The number of hydrogen-bond donors (Lipinski definition) is 3. The number of rotatable bonds is 6. The lowest BCUT2D eigenvalue weighted by molar-refractivity contribution is 0.102. The maximum absolute atomic E-state index is 12.8. The number of para-hydroxylation sites is 2. The van der Waals surface area contributed by atoms with Crippen molar-refractivity contribution >= 4 is 17.6 Å². The summed E-state index contributed by atoms with van der Waals surface area (Å²) in [4.78, 5) is 24.5. The third kappa shape index (κ3) is 5.26. The van der Waals surface area contributed by atoms with Crippen LogP contribution in [0.3, 0.4) is 0 Å². The van der Waals surface area contributed by atoms with E-state index in [-0.39, 0.29) is 18.0 Å². The number of anilines is 1. The third-order valence-corrected chi connectivity index (χ3v) is 4.48. The number of aryl methyl sites for hydroxylation is 2. The summed E-state index contributed by atoms with van der Waals surface area (Å²) >= 11 is 0. The highest BCUT2D eigenvalue weighted by molar-refractivity contribution is 6.05. The summed E-state index contributed by atoms with van der Waals surface area (Å²) in [6, 6.07) is 16.6. The number of aromatic nitrogens is 2. The van der Waals surface area contributed by atoms with E-state index in [0.29, 0.717) is 17.8 Å². The minimum atomic E-state index is -0.215. The normalized spacial score (nSPS) is 10.7. The maximum atomic E-state index is 12.8. The van der Waals surface area contributed by atoms with Crippen molar-refractivity contribution in [1.29, 1.82) is 0 Å². The topological polar surface area (TPSA) is 88.0 Å². The van der Waals surface area contributed by atoms with E-state index >= 15 is 0 Å². The minimum Gasteiger partial charge on any atom is -0.336 e. The second-order valence-electron chi connectivity index (χ2n) is 7.49. The summed E-state index contributed by atoms with van der Waals surface area (Å²) in [5, 5.41) is 13.0. The molecule has 0 bridgehead atoms. The zero-order valence-corrected chi connectivity index (χ0v) is 17.7. The third-order valence-electron chi connectivity index (χ3n) is 4.48. The highest BCUT2D eigenvalue weighted by Crippen LogP contribution is 2.22. The second kappa shape index (κ2) is 9.26. The predicted molar refractivity (Wildman–Crippen MR) is 118 cm³/mol. The molecule has 2 aromatic carbocycles. The largest absolute Gasteiger partial charge is 0.336 e. The molecule has 1 heterocycles. The number of benzene rings is 2. The second-order valence-corrected chi connectivity index (χ2v) is 7.49. The minimum absolute atomic E-state index is 0.0772. The Labute approximate surface area is 176 Å². The Morgan fingerprint density at radius 2 is 1.73 bits per heavy atom. The zero-order chi connectivity index (χ0) is 21.7. The van der Waals surface area contributed by atoms with E-state index < -0.39 is 0 Å². The molecule has 0 aliphatic rings. The molecule has 0 saturated carbocycles. The first-order valence-electron chi connectivity index (χ1n) is 9.91. The summed E-state index contributed by atoms with van der Waals surface area (Å²) in [6.07, 6.45) is 0. The fourth-order valence-electron chi connectivity index (χ4n) is 3.10. The van der Waals surface area contributed by atoms with Crippen LogP contribution in [0.5, 0.6) is 0 Å². The summed E-state index contributed by atoms with van der Waals surface area (Å²) in [7, 11) is 0. The van der Waals surface area contributed by atoms with Crippen molar-refractivity contribution in [3.05, 3.63) is 77.1 Å². The monoisotopic (exact) mass is 405 g/mol. The average Bonchev–Trinajstić information content (AvgIpc) is 3.04. The lowest BCUT2D eigenvalue weighted by Gasteiger charge is -2.13. The Bertz CT molecular complexity index is 1040. The van der Waals surface area contributed by atoms with Crippen LogP contribution in [-0.2, 0) is 6.54 Å². The van der Waals surface area contributed by atoms with Gasteiger partial charge in [-0.1, -0.05) is 24.3 Å². The Morgan fingerprint density at radius 3 is 2.37 bits per heavy atom. The SMILES string of the molecule is Cc1cc(C)n(-c2ccccc2NC(=O)c2ccc(CNC(=O)NC(C)C)cc2)n1. The first-order chi connectivity index (χ1) is 14.3. The van der Waals surface area contributed by atoms with Crippen molar-refractivity contribution < 1.29 is 9.59 Å². The molecule has 3 aromatic rings. The Kier molecular flexibility index (Phi) is 6.51. The van der Waals surface area contributed by atoms with Crippen LogP contribution < -0.4 is 16.0 Å². The highest BCUT2D eigenvalue weighted by atomic mass is 16.2. The van der Waals surface area contributed by atoms with Gasteiger partial charge in [-0.15, -0.1) is 0 Å². The lowest BCUT2D eigenvalue weighted by Crippen LogP contribution is -2.39. The molecule has 156 valence electrons. The van der Waals surface area contributed by atoms with Gasteiger partial charge in [-0.25, -0.2) is 9.48 Å². The van der Waals surface area contributed by atoms with Crippen LogP contribution in [-0.4, -0.2) is 27.8 Å². The van der Waals surface area contributed by atoms with Crippen LogP contribution >= 0.6 is 0 Å².